The lowest BCUT2D eigenvalue weighted by Gasteiger charge is -2.00. The summed E-state index contributed by atoms with van der Waals surface area (Å²) in [5, 5.41) is 24.2. The van der Waals surface area contributed by atoms with Crippen molar-refractivity contribution in [3.63, 3.8) is 0 Å². The largest absolute Gasteiger partial charge is 0.292 e. The van der Waals surface area contributed by atoms with Crippen molar-refractivity contribution in [2.75, 3.05) is 0 Å². The zero-order valence-electron chi connectivity index (χ0n) is 9.66. The van der Waals surface area contributed by atoms with E-state index in [-0.39, 0.29) is 0 Å². The second kappa shape index (κ2) is 3.30. The molecular weight excluding hydrogens is 220 g/mol. The molecule has 0 saturated heterocycles. The van der Waals surface area contributed by atoms with E-state index in [0.29, 0.717) is 17.6 Å². The van der Waals surface area contributed by atoms with E-state index in [2.05, 4.69) is 30.6 Å². The van der Waals surface area contributed by atoms with Crippen LogP contribution >= 0.6 is 0 Å². The maximum atomic E-state index is 4.34. The van der Waals surface area contributed by atoms with Gasteiger partial charge in [0.05, 0.1) is 5.69 Å². The van der Waals surface area contributed by atoms with Crippen molar-refractivity contribution in [2.24, 2.45) is 0 Å². The molecule has 0 atom stereocenters. The van der Waals surface area contributed by atoms with Crippen molar-refractivity contribution in [3.8, 4) is 5.95 Å². The third-order valence-electron chi connectivity index (χ3n) is 2.34. The van der Waals surface area contributed by atoms with Gasteiger partial charge in [-0.25, -0.2) is 4.68 Å². The molecule has 0 bridgehead atoms. The van der Waals surface area contributed by atoms with E-state index >= 15 is 0 Å². The van der Waals surface area contributed by atoms with Gasteiger partial charge in [0.25, 0.3) is 11.7 Å². The van der Waals surface area contributed by atoms with Gasteiger partial charge in [0.1, 0.15) is 0 Å². The summed E-state index contributed by atoms with van der Waals surface area (Å²) >= 11 is 0. The summed E-state index contributed by atoms with van der Waals surface area (Å²) in [6.45, 7) is 5.63. The van der Waals surface area contributed by atoms with Gasteiger partial charge in [0, 0.05) is 5.69 Å². The summed E-state index contributed by atoms with van der Waals surface area (Å²) in [6.07, 6.45) is 0. The summed E-state index contributed by atoms with van der Waals surface area (Å²) in [6, 6.07) is 1.96. The number of aryl methyl sites for hydroxylation is 3. The standard InChI is InChI=1S/C9H10N8/c1-5-4-6(2)16(14-5)9-13-12-8-11-10-7(3)15-17(8)9/h4H,1-3H3. The Morgan fingerprint density at radius 1 is 0.941 bits per heavy atom. The maximum absolute atomic E-state index is 4.34. The van der Waals surface area contributed by atoms with Crippen molar-refractivity contribution < 1.29 is 0 Å². The summed E-state index contributed by atoms with van der Waals surface area (Å²) < 4.78 is 3.21. The van der Waals surface area contributed by atoms with Crippen LogP contribution in [0.4, 0.5) is 0 Å². The molecule has 0 aromatic carbocycles. The number of aromatic nitrogens is 8. The van der Waals surface area contributed by atoms with E-state index in [1.807, 2.05) is 19.9 Å². The van der Waals surface area contributed by atoms with Gasteiger partial charge in [-0.15, -0.1) is 25.5 Å². The van der Waals surface area contributed by atoms with E-state index < -0.39 is 0 Å². The van der Waals surface area contributed by atoms with Crippen molar-refractivity contribution in [1.29, 1.82) is 0 Å². The molecule has 8 nitrogen and oxygen atoms in total. The first kappa shape index (κ1) is 9.82. The predicted octanol–water partition coefficient (Wildman–Crippen LogP) is 0.0253. The zero-order valence-corrected chi connectivity index (χ0v) is 9.66. The Balaban J connectivity index is 2.30. The molecular formula is C9H10N8. The molecule has 0 aliphatic heterocycles. The molecule has 3 heterocycles. The van der Waals surface area contributed by atoms with E-state index in [1.165, 1.54) is 4.52 Å². The molecule has 8 heteroatoms. The smallest absolute Gasteiger partial charge is 0.202 e. The van der Waals surface area contributed by atoms with Gasteiger partial charge in [0.15, 0.2) is 5.82 Å². The molecule has 3 rings (SSSR count). The Morgan fingerprint density at radius 3 is 2.41 bits per heavy atom. The van der Waals surface area contributed by atoms with Crippen LogP contribution in [0.15, 0.2) is 6.07 Å². The van der Waals surface area contributed by atoms with Gasteiger partial charge >= 0.3 is 0 Å². The van der Waals surface area contributed by atoms with Crippen LogP contribution in [0, 0.1) is 20.8 Å². The van der Waals surface area contributed by atoms with Crippen molar-refractivity contribution in [1.82, 2.24) is 39.8 Å². The number of fused-ring (bicyclic) bond motifs is 1. The summed E-state index contributed by atoms with van der Waals surface area (Å²) in [4.78, 5) is 0. The number of hydrogen-bond donors (Lipinski definition) is 0. The Kier molecular flexibility index (Phi) is 1.91. The first-order chi connectivity index (χ1) is 8.15. The first-order valence-corrected chi connectivity index (χ1v) is 5.11. The molecule has 0 aliphatic carbocycles. The molecule has 17 heavy (non-hydrogen) atoms. The highest BCUT2D eigenvalue weighted by atomic mass is 15.5. The highest BCUT2D eigenvalue weighted by Crippen LogP contribution is 2.09. The van der Waals surface area contributed by atoms with E-state index in [4.69, 9.17) is 0 Å². The van der Waals surface area contributed by atoms with E-state index in [0.717, 1.165) is 11.4 Å². The van der Waals surface area contributed by atoms with Gasteiger partial charge in [-0.1, -0.05) is 0 Å². The van der Waals surface area contributed by atoms with Crippen LogP contribution in [0.1, 0.15) is 17.2 Å². The molecule has 0 saturated carbocycles. The third-order valence-corrected chi connectivity index (χ3v) is 2.34. The normalized spacial score (nSPS) is 11.2. The van der Waals surface area contributed by atoms with E-state index in [1.54, 1.807) is 11.6 Å². The van der Waals surface area contributed by atoms with Gasteiger partial charge in [-0.3, -0.25) is 0 Å². The quantitative estimate of drug-likeness (QED) is 0.586. The predicted molar refractivity (Wildman–Crippen MR) is 57.7 cm³/mol. The summed E-state index contributed by atoms with van der Waals surface area (Å²) in [5.41, 5.74) is 1.88. The fraction of sp³-hybridized carbons (Fsp3) is 0.333. The lowest BCUT2D eigenvalue weighted by Crippen LogP contribution is -2.09. The number of rotatable bonds is 1. The lowest BCUT2D eigenvalue weighted by atomic mass is 10.4. The molecule has 86 valence electrons. The van der Waals surface area contributed by atoms with Crippen LogP contribution in [0.2, 0.25) is 0 Å². The molecule has 0 aliphatic rings. The molecule has 0 unspecified atom stereocenters. The first-order valence-electron chi connectivity index (χ1n) is 5.11. The molecule has 0 fully saturated rings. The van der Waals surface area contributed by atoms with Crippen LogP contribution < -0.4 is 0 Å². The highest BCUT2D eigenvalue weighted by Gasteiger charge is 2.13. The van der Waals surface area contributed by atoms with Crippen LogP contribution in [-0.2, 0) is 0 Å². The number of hydrogen-bond acceptors (Lipinski definition) is 6. The van der Waals surface area contributed by atoms with Gasteiger partial charge in [0.2, 0.25) is 0 Å². The van der Waals surface area contributed by atoms with Crippen LogP contribution in [-0.4, -0.2) is 39.8 Å². The van der Waals surface area contributed by atoms with Crippen molar-refractivity contribution >= 4 is 5.78 Å². The molecule has 3 aromatic heterocycles. The van der Waals surface area contributed by atoms with Gasteiger partial charge < -0.3 is 0 Å². The van der Waals surface area contributed by atoms with E-state index in [9.17, 15) is 0 Å². The minimum absolute atomic E-state index is 0.359. The average Bonchev–Trinajstić information content (AvgIpc) is 2.81. The Labute approximate surface area is 96.3 Å². The Hall–Kier alpha value is -2.38. The Morgan fingerprint density at radius 2 is 1.71 bits per heavy atom. The fourth-order valence-electron chi connectivity index (χ4n) is 1.66. The molecule has 0 radical (unpaired) electrons. The van der Waals surface area contributed by atoms with Crippen molar-refractivity contribution in [2.45, 2.75) is 20.8 Å². The minimum Gasteiger partial charge on any atom is -0.202 e. The lowest BCUT2D eigenvalue weighted by molar-refractivity contribution is 0.707. The monoisotopic (exact) mass is 230 g/mol. The van der Waals surface area contributed by atoms with Crippen molar-refractivity contribution in [3.05, 3.63) is 23.3 Å². The van der Waals surface area contributed by atoms with Crippen LogP contribution in [0.25, 0.3) is 11.7 Å². The topological polar surface area (TPSA) is 86.7 Å². The fourth-order valence-corrected chi connectivity index (χ4v) is 1.66. The summed E-state index contributed by atoms with van der Waals surface area (Å²) in [7, 11) is 0. The molecule has 0 N–H and O–H groups in total. The summed E-state index contributed by atoms with van der Waals surface area (Å²) in [5.74, 6) is 1.43. The second-order valence-corrected chi connectivity index (χ2v) is 3.80. The van der Waals surface area contributed by atoms with Gasteiger partial charge in [-0.05, 0) is 26.8 Å². The van der Waals surface area contributed by atoms with Crippen LogP contribution in [0.3, 0.4) is 0 Å². The molecule has 0 spiro atoms. The average molecular weight is 230 g/mol. The molecule has 0 amide bonds. The maximum Gasteiger partial charge on any atom is 0.292 e. The van der Waals surface area contributed by atoms with Gasteiger partial charge in [-0.2, -0.15) is 9.61 Å². The molecule has 3 aromatic rings. The SMILES string of the molecule is Cc1cc(C)n(-c2nnc3nnc(C)nn23)n1. The Bertz CT molecular complexity index is 694. The minimum atomic E-state index is 0.359. The number of nitrogens with zero attached hydrogens (tertiary/aromatic N) is 8. The van der Waals surface area contributed by atoms with Crippen LogP contribution in [0.5, 0.6) is 0 Å². The second-order valence-electron chi connectivity index (χ2n) is 3.80. The zero-order chi connectivity index (χ0) is 12.0. The third kappa shape index (κ3) is 1.45. The highest BCUT2D eigenvalue weighted by molar-refractivity contribution is 5.29.